The summed E-state index contributed by atoms with van der Waals surface area (Å²) in [6.45, 7) is 15.0. The lowest BCUT2D eigenvalue weighted by Gasteiger charge is -2.35. The van der Waals surface area contributed by atoms with Gasteiger partial charge in [0.25, 0.3) is 0 Å². The van der Waals surface area contributed by atoms with Gasteiger partial charge < -0.3 is 10.6 Å². The van der Waals surface area contributed by atoms with Crippen LogP contribution in [0.15, 0.2) is 5.38 Å². The van der Waals surface area contributed by atoms with Crippen molar-refractivity contribution >= 4 is 42.1 Å². The number of amides is 1. The van der Waals surface area contributed by atoms with Gasteiger partial charge in [0.05, 0.1) is 16.7 Å². The Morgan fingerprint density at radius 3 is 2.27 bits per heavy atom. The average Bonchev–Trinajstić information content (AvgIpc) is 2.95. The zero-order valence-electron chi connectivity index (χ0n) is 16.5. The van der Waals surface area contributed by atoms with Gasteiger partial charge in [-0.25, -0.2) is 4.98 Å². The monoisotopic (exact) mass is 424 g/mol. The minimum absolute atomic E-state index is 0. The molecule has 1 atom stereocenters. The lowest BCUT2D eigenvalue weighted by atomic mass is 9.98. The summed E-state index contributed by atoms with van der Waals surface area (Å²) in [7, 11) is 0. The first-order chi connectivity index (χ1) is 11.2. The van der Waals surface area contributed by atoms with E-state index in [4.69, 9.17) is 10.7 Å². The highest BCUT2D eigenvalue weighted by atomic mass is 35.5. The second-order valence-electron chi connectivity index (χ2n) is 8.23. The first kappa shape index (κ1) is 25.6. The molecule has 1 saturated heterocycles. The number of thiazole rings is 1. The normalized spacial score (nSPS) is 16.8. The molecule has 1 amide bonds. The van der Waals surface area contributed by atoms with Crippen LogP contribution in [0.5, 0.6) is 0 Å². The Morgan fingerprint density at radius 1 is 1.23 bits per heavy atom. The van der Waals surface area contributed by atoms with Crippen LogP contribution in [0.3, 0.4) is 0 Å². The molecule has 152 valence electrons. The highest BCUT2D eigenvalue weighted by Gasteiger charge is 2.26. The molecule has 0 aliphatic carbocycles. The molecular formula is C18H34Cl2N4OS. The van der Waals surface area contributed by atoms with Crippen molar-refractivity contribution in [3.8, 4) is 0 Å². The van der Waals surface area contributed by atoms with Gasteiger partial charge in [-0.2, -0.15) is 0 Å². The van der Waals surface area contributed by atoms with Crippen molar-refractivity contribution in [3.63, 3.8) is 0 Å². The molecule has 5 nitrogen and oxygen atoms in total. The number of hydrogen-bond donors (Lipinski definition) is 1. The average molecular weight is 425 g/mol. The van der Waals surface area contributed by atoms with E-state index in [-0.39, 0.29) is 42.2 Å². The zero-order chi connectivity index (χ0) is 17.9. The number of piperazine rings is 1. The molecule has 1 fully saturated rings. The third kappa shape index (κ3) is 7.31. The molecule has 26 heavy (non-hydrogen) atoms. The molecule has 0 spiro atoms. The fourth-order valence-electron chi connectivity index (χ4n) is 2.92. The van der Waals surface area contributed by atoms with Gasteiger partial charge in [-0.15, -0.1) is 36.2 Å². The maximum absolute atomic E-state index is 12.4. The predicted molar refractivity (Wildman–Crippen MR) is 115 cm³/mol. The van der Waals surface area contributed by atoms with Gasteiger partial charge in [0, 0.05) is 43.5 Å². The Kier molecular flexibility index (Phi) is 10.6. The van der Waals surface area contributed by atoms with E-state index >= 15 is 0 Å². The smallest absolute Gasteiger partial charge is 0.239 e. The van der Waals surface area contributed by atoms with Crippen LogP contribution in [0, 0.1) is 5.92 Å². The van der Waals surface area contributed by atoms with E-state index < -0.39 is 0 Å². The number of nitrogens with zero attached hydrogens (tertiary/aromatic N) is 3. The molecule has 0 radical (unpaired) electrons. The minimum atomic E-state index is -0.357. The number of hydrogen-bond acceptors (Lipinski definition) is 5. The van der Waals surface area contributed by atoms with Crippen molar-refractivity contribution in [1.29, 1.82) is 0 Å². The van der Waals surface area contributed by atoms with Gasteiger partial charge >= 0.3 is 0 Å². The Labute approximate surface area is 174 Å². The molecule has 1 aliphatic rings. The summed E-state index contributed by atoms with van der Waals surface area (Å²) in [5, 5.41) is 3.35. The Balaban J connectivity index is 0.00000312. The fourth-order valence-corrected chi connectivity index (χ4v) is 3.82. The number of rotatable bonds is 5. The highest BCUT2D eigenvalue weighted by Crippen LogP contribution is 2.26. The molecule has 2 heterocycles. The SMILES string of the molecule is CC(C)C[C@H](N)C(=O)N1CCN(Cc2csc(C(C)(C)C)n2)CC1.Cl.Cl. The highest BCUT2D eigenvalue weighted by molar-refractivity contribution is 7.09. The van der Waals surface area contributed by atoms with E-state index in [2.05, 4.69) is 44.9 Å². The molecule has 1 aliphatic heterocycles. The maximum Gasteiger partial charge on any atom is 0.239 e. The van der Waals surface area contributed by atoms with Gasteiger partial charge in [0.1, 0.15) is 0 Å². The summed E-state index contributed by atoms with van der Waals surface area (Å²) in [6, 6.07) is -0.357. The quantitative estimate of drug-likeness (QED) is 0.786. The summed E-state index contributed by atoms with van der Waals surface area (Å²) in [5.41, 5.74) is 7.29. The summed E-state index contributed by atoms with van der Waals surface area (Å²) in [4.78, 5) is 21.4. The maximum atomic E-state index is 12.4. The first-order valence-electron chi connectivity index (χ1n) is 8.88. The fraction of sp³-hybridized carbons (Fsp3) is 0.778. The van der Waals surface area contributed by atoms with Gasteiger partial charge in [0.2, 0.25) is 5.91 Å². The number of carbonyl (C=O) groups is 1. The lowest BCUT2D eigenvalue weighted by Crippen LogP contribution is -2.53. The van der Waals surface area contributed by atoms with Crippen LogP contribution in [0.2, 0.25) is 0 Å². The summed E-state index contributed by atoms with van der Waals surface area (Å²) < 4.78 is 0. The van der Waals surface area contributed by atoms with E-state index in [0.29, 0.717) is 5.92 Å². The largest absolute Gasteiger partial charge is 0.339 e. The summed E-state index contributed by atoms with van der Waals surface area (Å²) >= 11 is 1.74. The standard InChI is InChI=1S/C18H32N4OS.2ClH/c1-13(2)10-15(19)16(23)22-8-6-21(7-9-22)11-14-12-24-17(20-14)18(3,4)5;;/h12-13,15H,6-11,19H2,1-5H3;2*1H/t15-;;/m0../s1. The van der Waals surface area contributed by atoms with E-state index in [1.165, 1.54) is 5.01 Å². The van der Waals surface area contributed by atoms with Crippen LogP contribution in [0.25, 0.3) is 0 Å². The topological polar surface area (TPSA) is 62.5 Å². The van der Waals surface area contributed by atoms with E-state index in [1.807, 2.05) is 4.90 Å². The number of carbonyl (C=O) groups excluding carboxylic acids is 1. The Hall–Kier alpha value is -0.400. The van der Waals surface area contributed by atoms with Crippen molar-refractivity contribution in [3.05, 3.63) is 16.1 Å². The van der Waals surface area contributed by atoms with Crippen molar-refractivity contribution < 1.29 is 4.79 Å². The van der Waals surface area contributed by atoms with E-state index in [0.717, 1.165) is 44.8 Å². The molecule has 0 bridgehead atoms. The third-order valence-corrected chi connectivity index (χ3v) is 5.62. The van der Waals surface area contributed by atoms with Crippen molar-refractivity contribution in [1.82, 2.24) is 14.8 Å². The minimum Gasteiger partial charge on any atom is -0.339 e. The van der Waals surface area contributed by atoms with Crippen LogP contribution in [0.4, 0.5) is 0 Å². The number of halogens is 2. The third-order valence-electron chi connectivity index (χ3n) is 4.31. The van der Waals surface area contributed by atoms with Crippen LogP contribution in [-0.2, 0) is 16.8 Å². The van der Waals surface area contributed by atoms with Crippen LogP contribution < -0.4 is 5.73 Å². The van der Waals surface area contributed by atoms with Crippen molar-refractivity contribution in [2.45, 2.75) is 59.0 Å². The van der Waals surface area contributed by atoms with Crippen molar-refractivity contribution in [2.75, 3.05) is 26.2 Å². The number of nitrogens with two attached hydrogens (primary N) is 1. The molecule has 0 aromatic carbocycles. The molecular weight excluding hydrogens is 391 g/mol. The van der Waals surface area contributed by atoms with Gasteiger partial charge in [-0.3, -0.25) is 9.69 Å². The van der Waals surface area contributed by atoms with E-state index in [9.17, 15) is 4.79 Å². The second kappa shape index (κ2) is 10.8. The van der Waals surface area contributed by atoms with Gasteiger partial charge in [-0.05, 0) is 12.3 Å². The van der Waals surface area contributed by atoms with Crippen molar-refractivity contribution in [2.24, 2.45) is 11.7 Å². The molecule has 0 saturated carbocycles. The first-order valence-corrected chi connectivity index (χ1v) is 9.76. The van der Waals surface area contributed by atoms with Gasteiger partial charge in [0.15, 0.2) is 0 Å². The van der Waals surface area contributed by atoms with Crippen LogP contribution in [0.1, 0.15) is 51.7 Å². The lowest BCUT2D eigenvalue weighted by molar-refractivity contribution is -0.134. The summed E-state index contributed by atoms with van der Waals surface area (Å²) in [5.74, 6) is 0.555. The van der Waals surface area contributed by atoms with Gasteiger partial charge in [-0.1, -0.05) is 34.6 Å². The molecule has 8 heteroatoms. The second-order valence-corrected chi connectivity index (χ2v) is 9.09. The Bertz CT molecular complexity index is 552. The summed E-state index contributed by atoms with van der Waals surface area (Å²) in [6.07, 6.45) is 0.757. The molecule has 1 aromatic heterocycles. The Morgan fingerprint density at radius 2 is 1.81 bits per heavy atom. The molecule has 2 N–H and O–H groups in total. The molecule has 1 aromatic rings. The van der Waals surface area contributed by atoms with Crippen LogP contribution >= 0.6 is 36.2 Å². The molecule has 0 unspecified atom stereocenters. The number of aromatic nitrogens is 1. The molecule has 2 rings (SSSR count). The van der Waals surface area contributed by atoms with E-state index in [1.54, 1.807) is 11.3 Å². The zero-order valence-corrected chi connectivity index (χ0v) is 19.0. The van der Waals surface area contributed by atoms with Crippen LogP contribution in [-0.4, -0.2) is 52.9 Å². The predicted octanol–water partition coefficient (Wildman–Crippen LogP) is 3.30.